The Morgan fingerprint density at radius 2 is 2.32 bits per heavy atom. The Morgan fingerprint density at radius 1 is 1.47 bits per heavy atom. The molecule has 2 bridgehead atoms. The summed E-state index contributed by atoms with van der Waals surface area (Å²) in [5.41, 5.74) is 0.0436. The molecular formula is C14H18N2O3. The number of carbonyl (C=O) groups excluding carboxylic acids is 1. The minimum absolute atomic E-state index is 0.0436. The van der Waals surface area contributed by atoms with Crippen LogP contribution in [0, 0.1) is 11.8 Å². The minimum atomic E-state index is -0.311. The summed E-state index contributed by atoms with van der Waals surface area (Å²) in [5, 5.41) is 12.9. The first-order valence-corrected chi connectivity index (χ1v) is 6.72. The van der Waals surface area contributed by atoms with Crippen molar-refractivity contribution in [3.05, 3.63) is 18.0 Å². The number of ether oxygens (including phenoxy) is 1. The van der Waals surface area contributed by atoms with E-state index in [1.54, 1.807) is 0 Å². The Bertz CT molecular complexity index is 503. The number of rotatable bonds is 3. The van der Waals surface area contributed by atoms with Gasteiger partial charge in [-0.25, -0.2) is 4.98 Å². The van der Waals surface area contributed by atoms with Crippen LogP contribution in [0.15, 0.2) is 12.3 Å². The molecule has 5 nitrogen and oxygen atoms in total. The number of methoxy groups -OCH3 is 1. The van der Waals surface area contributed by atoms with E-state index in [0.29, 0.717) is 5.92 Å². The van der Waals surface area contributed by atoms with Crippen LogP contribution in [-0.4, -0.2) is 29.1 Å². The number of carbonyl (C=O) groups is 1. The third-order valence-corrected chi connectivity index (χ3v) is 4.38. The smallest absolute Gasteiger partial charge is 0.274 e. The Morgan fingerprint density at radius 3 is 2.95 bits per heavy atom. The fourth-order valence-corrected chi connectivity index (χ4v) is 3.43. The topological polar surface area (TPSA) is 71.5 Å². The molecule has 19 heavy (non-hydrogen) atoms. The van der Waals surface area contributed by atoms with E-state index in [2.05, 4.69) is 10.3 Å². The van der Waals surface area contributed by atoms with E-state index in [-0.39, 0.29) is 29.1 Å². The number of hydrogen-bond donors (Lipinski definition) is 2. The second-order valence-corrected chi connectivity index (χ2v) is 5.47. The van der Waals surface area contributed by atoms with E-state index in [1.807, 2.05) is 0 Å². The van der Waals surface area contributed by atoms with Crippen LogP contribution in [0.1, 0.15) is 36.2 Å². The van der Waals surface area contributed by atoms with Crippen LogP contribution in [0.2, 0.25) is 0 Å². The molecule has 2 N–H and O–H groups in total. The lowest BCUT2D eigenvalue weighted by Crippen LogP contribution is -2.38. The van der Waals surface area contributed by atoms with Gasteiger partial charge in [-0.2, -0.15) is 0 Å². The highest BCUT2D eigenvalue weighted by atomic mass is 16.5. The van der Waals surface area contributed by atoms with Gasteiger partial charge in [0.15, 0.2) is 17.2 Å². The number of amides is 1. The molecule has 1 aromatic rings. The Balaban J connectivity index is 1.74. The summed E-state index contributed by atoms with van der Waals surface area (Å²) in [6, 6.07) is 1.77. The monoisotopic (exact) mass is 262 g/mol. The fourth-order valence-electron chi connectivity index (χ4n) is 3.43. The maximum Gasteiger partial charge on any atom is 0.274 e. The maximum atomic E-state index is 12.2. The SMILES string of the molecule is COc1ccnc(C(=O)NC2CC3CCC2C3)c1O. The van der Waals surface area contributed by atoms with Gasteiger partial charge in [0.2, 0.25) is 0 Å². The summed E-state index contributed by atoms with van der Waals surface area (Å²) >= 11 is 0. The zero-order valence-electron chi connectivity index (χ0n) is 10.9. The summed E-state index contributed by atoms with van der Waals surface area (Å²) in [7, 11) is 1.45. The zero-order chi connectivity index (χ0) is 13.4. The van der Waals surface area contributed by atoms with Gasteiger partial charge in [-0.3, -0.25) is 4.79 Å². The largest absolute Gasteiger partial charge is 0.503 e. The molecule has 3 atom stereocenters. The molecule has 0 aliphatic heterocycles. The molecule has 0 spiro atoms. The number of aromatic nitrogens is 1. The lowest BCUT2D eigenvalue weighted by atomic mass is 9.95. The summed E-state index contributed by atoms with van der Waals surface area (Å²) in [6.07, 6.45) is 6.24. The van der Waals surface area contributed by atoms with Crippen molar-refractivity contribution in [2.75, 3.05) is 7.11 Å². The van der Waals surface area contributed by atoms with Gasteiger partial charge in [0.1, 0.15) is 0 Å². The standard InChI is InChI=1S/C14H18N2O3/c1-19-11-4-5-15-12(13(11)17)14(18)16-10-7-8-2-3-9(10)6-8/h4-5,8-10,17H,2-3,6-7H2,1H3,(H,16,18). The Hall–Kier alpha value is -1.78. The van der Waals surface area contributed by atoms with Gasteiger partial charge in [0.25, 0.3) is 5.91 Å². The van der Waals surface area contributed by atoms with Gasteiger partial charge in [-0.15, -0.1) is 0 Å². The van der Waals surface area contributed by atoms with Gasteiger partial charge in [0, 0.05) is 18.3 Å². The van der Waals surface area contributed by atoms with Crippen molar-refractivity contribution >= 4 is 5.91 Å². The third kappa shape index (κ3) is 2.13. The van der Waals surface area contributed by atoms with E-state index in [4.69, 9.17) is 4.74 Å². The van der Waals surface area contributed by atoms with Crippen molar-refractivity contribution in [3.63, 3.8) is 0 Å². The van der Waals surface area contributed by atoms with Crippen LogP contribution in [0.25, 0.3) is 0 Å². The minimum Gasteiger partial charge on any atom is -0.503 e. The lowest BCUT2D eigenvalue weighted by Gasteiger charge is -2.22. The number of fused-ring (bicyclic) bond motifs is 2. The van der Waals surface area contributed by atoms with Gasteiger partial charge < -0.3 is 15.2 Å². The van der Waals surface area contributed by atoms with Gasteiger partial charge in [-0.05, 0) is 31.1 Å². The van der Waals surface area contributed by atoms with Crippen LogP contribution in [0.4, 0.5) is 0 Å². The predicted molar refractivity (Wildman–Crippen MR) is 69.2 cm³/mol. The van der Waals surface area contributed by atoms with Crippen LogP contribution in [-0.2, 0) is 0 Å². The molecule has 1 aromatic heterocycles. The lowest BCUT2D eigenvalue weighted by molar-refractivity contribution is 0.0914. The van der Waals surface area contributed by atoms with Crippen molar-refractivity contribution in [2.45, 2.75) is 31.7 Å². The molecule has 2 saturated carbocycles. The second kappa shape index (κ2) is 4.72. The van der Waals surface area contributed by atoms with E-state index in [0.717, 1.165) is 12.3 Å². The summed E-state index contributed by atoms with van der Waals surface area (Å²) in [5.74, 6) is 1.14. The maximum absolute atomic E-state index is 12.2. The average Bonchev–Trinajstić information content (AvgIpc) is 3.01. The van der Waals surface area contributed by atoms with Crippen molar-refractivity contribution in [2.24, 2.45) is 11.8 Å². The summed E-state index contributed by atoms with van der Waals surface area (Å²) in [6.45, 7) is 0. The first-order valence-electron chi connectivity index (χ1n) is 6.72. The molecular weight excluding hydrogens is 244 g/mol. The van der Waals surface area contributed by atoms with Crippen LogP contribution in [0.3, 0.4) is 0 Å². The fraction of sp³-hybridized carbons (Fsp3) is 0.571. The molecule has 102 valence electrons. The van der Waals surface area contributed by atoms with Crippen LogP contribution >= 0.6 is 0 Å². The molecule has 0 radical (unpaired) electrons. The molecule has 2 fully saturated rings. The zero-order valence-corrected chi connectivity index (χ0v) is 10.9. The average molecular weight is 262 g/mol. The highest BCUT2D eigenvalue weighted by Gasteiger charge is 2.40. The quantitative estimate of drug-likeness (QED) is 0.870. The first-order chi connectivity index (χ1) is 9.19. The number of pyridine rings is 1. The third-order valence-electron chi connectivity index (χ3n) is 4.38. The van der Waals surface area contributed by atoms with Crippen molar-refractivity contribution in [1.29, 1.82) is 0 Å². The van der Waals surface area contributed by atoms with Gasteiger partial charge >= 0.3 is 0 Å². The first kappa shape index (κ1) is 12.3. The van der Waals surface area contributed by atoms with Crippen molar-refractivity contribution in [3.8, 4) is 11.5 Å². The normalized spacial score (nSPS) is 28.4. The van der Waals surface area contributed by atoms with Gasteiger partial charge in [0.05, 0.1) is 7.11 Å². The molecule has 0 saturated heterocycles. The summed E-state index contributed by atoms with van der Waals surface area (Å²) in [4.78, 5) is 16.1. The highest BCUT2D eigenvalue weighted by Crippen LogP contribution is 2.44. The van der Waals surface area contributed by atoms with E-state index < -0.39 is 0 Å². The molecule has 3 unspecified atom stereocenters. The number of nitrogens with zero attached hydrogens (tertiary/aromatic N) is 1. The molecule has 5 heteroatoms. The highest BCUT2D eigenvalue weighted by molar-refractivity contribution is 5.95. The summed E-state index contributed by atoms with van der Waals surface area (Å²) < 4.78 is 4.99. The molecule has 2 aliphatic carbocycles. The molecule has 3 rings (SSSR count). The van der Waals surface area contributed by atoms with Crippen molar-refractivity contribution < 1.29 is 14.6 Å². The van der Waals surface area contributed by atoms with Gasteiger partial charge in [-0.1, -0.05) is 6.42 Å². The molecule has 1 amide bonds. The number of hydrogen-bond acceptors (Lipinski definition) is 4. The predicted octanol–water partition coefficient (Wildman–Crippen LogP) is 1.71. The van der Waals surface area contributed by atoms with Crippen LogP contribution in [0.5, 0.6) is 11.5 Å². The van der Waals surface area contributed by atoms with E-state index in [1.165, 1.54) is 38.6 Å². The molecule has 1 heterocycles. The second-order valence-electron chi connectivity index (χ2n) is 5.47. The van der Waals surface area contributed by atoms with Crippen LogP contribution < -0.4 is 10.1 Å². The molecule has 2 aliphatic rings. The van der Waals surface area contributed by atoms with Crippen molar-refractivity contribution in [1.82, 2.24) is 10.3 Å². The Labute approximate surface area is 112 Å². The number of aromatic hydroxyl groups is 1. The van der Waals surface area contributed by atoms with E-state index in [9.17, 15) is 9.90 Å². The van der Waals surface area contributed by atoms with E-state index >= 15 is 0 Å². The Kier molecular flexibility index (Phi) is 3.05. The molecule has 0 aromatic carbocycles. The number of nitrogens with one attached hydrogen (secondary N) is 1.